The van der Waals surface area contributed by atoms with Gasteiger partial charge in [0.1, 0.15) is 25.0 Å². The Morgan fingerprint density at radius 1 is 1.50 bits per heavy atom. The number of carbonyl (C=O) groups excluding carboxylic acids is 1. The van der Waals surface area contributed by atoms with E-state index < -0.39 is 0 Å². The summed E-state index contributed by atoms with van der Waals surface area (Å²) in [4.78, 5) is 14.7. The number of rotatable bonds is 5. The highest BCUT2D eigenvalue weighted by Crippen LogP contribution is 2.25. The number of aryl methyl sites for hydroxylation is 1. The van der Waals surface area contributed by atoms with Crippen molar-refractivity contribution in [2.24, 2.45) is 0 Å². The summed E-state index contributed by atoms with van der Waals surface area (Å²) in [6.45, 7) is 2.99. The second-order valence-corrected chi connectivity index (χ2v) is 4.00. The van der Waals surface area contributed by atoms with Gasteiger partial charge in [0.2, 0.25) is 0 Å². The zero-order valence-corrected chi connectivity index (χ0v) is 10.6. The summed E-state index contributed by atoms with van der Waals surface area (Å²) in [7, 11) is 0. The summed E-state index contributed by atoms with van der Waals surface area (Å²) >= 11 is 6.00. The molecule has 0 saturated carbocycles. The molecule has 1 aromatic carbocycles. The Morgan fingerprint density at radius 3 is 3.00 bits per heavy atom. The average Bonchev–Trinajstić information content (AvgIpc) is 2.84. The van der Waals surface area contributed by atoms with Gasteiger partial charge in [-0.1, -0.05) is 11.6 Å². The second-order valence-electron chi connectivity index (χ2n) is 3.59. The lowest BCUT2D eigenvalue weighted by Gasteiger charge is -2.08. The first-order valence-corrected chi connectivity index (χ1v) is 5.86. The molecule has 0 bridgehead atoms. The molecule has 0 N–H and O–H groups in total. The molecule has 0 unspecified atom stereocenters. The van der Waals surface area contributed by atoms with E-state index >= 15 is 0 Å². The number of ether oxygens (including phenoxy) is 1. The fourth-order valence-electron chi connectivity index (χ4n) is 1.51. The number of aromatic nitrogens is 3. The smallest absolute Gasteiger partial charge is 0.164 e. The Kier molecular flexibility index (Phi) is 3.94. The lowest BCUT2D eigenvalue weighted by Crippen LogP contribution is -2.07. The first-order valence-electron chi connectivity index (χ1n) is 5.48. The number of benzene rings is 1. The standard InChI is InChI=1S/C12H12ClN3O2/c1-2-16-12(14-8-15-16)7-18-11-4-3-9(6-17)5-10(11)13/h3-6,8H,2,7H2,1H3. The number of hydrogen-bond acceptors (Lipinski definition) is 4. The van der Waals surface area contributed by atoms with Crippen molar-refractivity contribution in [2.75, 3.05) is 0 Å². The van der Waals surface area contributed by atoms with E-state index in [2.05, 4.69) is 10.1 Å². The van der Waals surface area contributed by atoms with Gasteiger partial charge in [-0.3, -0.25) is 4.79 Å². The highest BCUT2D eigenvalue weighted by atomic mass is 35.5. The van der Waals surface area contributed by atoms with Crippen LogP contribution in [0, 0.1) is 0 Å². The maximum absolute atomic E-state index is 10.6. The summed E-state index contributed by atoms with van der Waals surface area (Å²) in [6, 6.07) is 4.88. The minimum atomic E-state index is 0.286. The van der Waals surface area contributed by atoms with Gasteiger partial charge in [-0.15, -0.1) is 0 Å². The van der Waals surface area contributed by atoms with E-state index in [-0.39, 0.29) is 6.61 Å². The van der Waals surface area contributed by atoms with E-state index in [4.69, 9.17) is 16.3 Å². The minimum Gasteiger partial charge on any atom is -0.484 e. The van der Waals surface area contributed by atoms with Crippen LogP contribution in [0.4, 0.5) is 0 Å². The van der Waals surface area contributed by atoms with Crippen LogP contribution in [0.1, 0.15) is 23.1 Å². The molecule has 0 aliphatic heterocycles. The molecular formula is C12H12ClN3O2. The summed E-state index contributed by atoms with van der Waals surface area (Å²) in [5.74, 6) is 1.25. The molecule has 1 aromatic heterocycles. The third kappa shape index (κ3) is 2.68. The minimum absolute atomic E-state index is 0.286. The number of halogens is 1. The van der Waals surface area contributed by atoms with Crippen molar-refractivity contribution in [1.29, 1.82) is 0 Å². The van der Waals surface area contributed by atoms with Crippen LogP contribution >= 0.6 is 11.6 Å². The molecule has 94 valence electrons. The van der Waals surface area contributed by atoms with Crippen LogP contribution in [-0.2, 0) is 13.2 Å². The number of aldehydes is 1. The van der Waals surface area contributed by atoms with Crippen molar-refractivity contribution in [1.82, 2.24) is 14.8 Å². The van der Waals surface area contributed by atoms with Crippen molar-refractivity contribution in [2.45, 2.75) is 20.1 Å². The third-order valence-corrected chi connectivity index (χ3v) is 2.74. The molecule has 0 aliphatic carbocycles. The molecule has 5 nitrogen and oxygen atoms in total. The molecule has 0 spiro atoms. The molecule has 0 radical (unpaired) electrons. The molecule has 0 atom stereocenters. The van der Waals surface area contributed by atoms with E-state index in [1.807, 2.05) is 6.92 Å². The zero-order valence-electron chi connectivity index (χ0n) is 9.84. The molecule has 6 heteroatoms. The monoisotopic (exact) mass is 265 g/mol. The normalized spacial score (nSPS) is 10.3. The number of hydrogen-bond donors (Lipinski definition) is 0. The Labute approximate surface area is 109 Å². The van der Waals surface area contributed by atoms with Gasteiger partial charge in [0.05, 0.1) is 5.02 Å². The number of nitrogens with zero attached hydrogens (tertiary/aromatic N) is 3. The molecule has 18 heavy (non-hydrogen) atoms. The van der Waals surface area contributed by atoms with Gasteiger partial charge < -0.3 is 4.74 Å². The van der Waals surface area contributed by atoms with Gasteiger partial charge in [0, 0.05) is 12.1 Å². The van der Waals surface area contributed by atoms with Gasteiger partial charge in [0.25, 0.3) is 0 Å². The highest BCUT2D eigenvalue weighted by molar-refractivity contribution is 6.32. The predicted octanol–water partition coefficient (Wildman–Crippen LogP) is 2.34. The zero-order chi connectivity index (χ0) is 13.0. The van der Waals surface area contributed by atoms with E-state index in [1.54, 1.807) is 22.9 Å². The Morgan fingerprint density at radius 2 is 2.33 bits per heavy atom. The summed E-state index contributed by atoms with van der Waals surface area (Å²) < 4.78 is 7.30. The van der Waals surface area contributed by atoms with Crippen LogP contribution in [0.2, 0.25) is 5.02 Å². The molecule has 0 fully saturated rings. The quantitative estimate of drug-likeness (QED) is 0.779. The van der Waals surface area contributed by atoms with Crippen molar-refractivity contribution >= 4 is 17.9 Å². The Bertz CT molecular complexity index is 554. The van der Waals surface area contributed by atoms with E-state index in [1.165, 1.54) is 6.33 Å². The van der Waals surface area contributed by atoms with Crippen LogP contribution in [0.5, 0.6) is 5.75 Å². The summed E-state index contributed by atoms with van der Waals surface area (Å²) in [5, 5.41) is 4.45. The van der Waals surface area contributed by atoms with Crippen molar-refractivity contribution in [3.05, 3.63) is 40.9 Å². The van der Waals surface area contributed by atoms with E-state index in [0.29, 0.717) is 16.3 Å². The fourth-order valence-corrected chi connectivity index (χ4v) is 1.76. The van der Waals surface area contributed by atoms with Crippen LogP contribution in [-0.4, -0.2) is 21.1 Å². The van der Waals surface area contributed by atoms with E-state index in [0.717, 1.165) is 18.7 Å². The molecule has 2 rings (SSSR count). The summed E-state index contributed by atoms with van der Waals surface area (Å²) in [5.41, 5.74) is 0.518. The fraction of sp³-hybridized carbons (Fsp3) is 0.250. The Hall–Kier alpha value is -1.88. The maximum atomic E-state index is 10.6. The second kappa shape index (κ2) is 5.64. The lowest BCUT2D eigenvalue weighted by atomic mass is 10.2. The highest BCUT2D eigenvalue weighted by Gasteiger charge is 2.06. The molecule has 0 aliphatic rings. The van der Waals surface area contributed by atoms with Crippen molar-refractivity contribution in [3.8, 4) is 5.75 Å². The largest absolute Gasteiger partial charge is 0.484 e. The number of carbonyl (C=O) groups is 1. The topological polar surface area (TPSA) is 57.0 Å². The molecule has 0 saturated heterocycles. The van der Waals surface area contributed by atoms with Crippen molar-refractivity contribution < 1.29 is 9.53 Å². The first kappa shape index (κ1) is 12.6. The average molecular weight is 266 g/mol. The van der Waals surface area contributed by atoms with Gasteiger partial charge >= 0.3 is 0 Å². The van der Waals surface area contributed by atoms with Crippen LogP contribution in [0.3, 0.4) is 0 Å². The lowest BCUT2D eigenvalue weighted by molar-refractivity contribution is 0.112. The SMILES string of the molecule is CCn1ncnc1COc1ccc(C=O)cc1Cl. The van der Waals surface area contributed by atoms with Crippen LogP contribution in [0.25, 0.3) is 0 Å². The summed E-state index contributed by atoms with van der Waals surface area (Å²) in [6.07, 6.45) is 2.22. The first-order chi connectivity index (χ1) is 8.74. The van der Waals surface area contributed by atoms with E-state index in [9.17, 15) is 4.79 Å². The van der Waals surface area contributed by atoms with Gasteiger partial charge in [-0.05, 0) is 25.1 Å². The van der Waals surface area contributed by atoms with Gasteiger partial charge in [0.15, 0.2) is 5.82 Å². The molecular weight excluding hydrogens is 254 g/mol. The Balaban J connectivity index is 2.08. The van der Waals surface area contributed by atoms with Gasteiger partial charge in [-0.25, -0.2) is 9.67 Å². The van der Waals surface area contributed by atoms with Gasteiger partial charge in [-0.2, -0.15) is 5.10 Å². The maximum Gasteiger partial charge on any atom is 0.164 e. The molecule has 0 amide bonds. The van der Waals surface area contributed by atoms with Crippen LogP contribution in [0.15, 0.2) is 24.5 Å². The molecule has 2 aromatic rings. The van der Waals surface area contributed by atoms with Crippen molar-refractivity contribution in [3.63, 3.8) is 0 Å². The predicted molar refractivity (Wildman–Crippen MR) is 66.9 cm³/mol. The van der Waals surface area contributed by atoms with Crippen LogP contribution < -0.4 is 4.74 Å². The molecule has 1 heterocycles. The third-order valence-electron chi connectivity index (χ3n) is 2.44.